The molecule has 120 valence electrons. The van der Waals surface area contributed by atoms with Crippen molar-refractivity contribution in [2.75, 3.05) is 6.54 Å². The summed E-state index contributed by atoms with van der Waals surface area (Å²) >= 11 is 0. The summed E-state index contributed by atoms with van der Waals surface area (Å²) in [7, 11) is 0. The highest BCUT2D eigenvalue weighted by atomic mass is 16.2. The lowest BCUT2D eigenvalue weighted by Crippen LogP contribution is -2.75. The molecule has 2 amide bonds. The van der Waals surface area contributed by atoms with Gasteiger partial charge in [0.05, 0.1) is 5.41 Å². The fourth-order valence-electron chi connectivity index (χ4n) is 3.85. The number of nitrogens with zero attached hydrogens (tertiary/aromatic N) is 1. The lowest BCUT2D eigenvalue weighted by Gasteiger charge is -2.58. The minimum absolute atomic E-state index is 0.0610. The van der Waals surface area contributed by atoms with Gasteiger partial charge in [0.15, 0.2) is 0 Å². The maximum Gasteiger partial charge on any atom is 0.243 e. The van der Waals surface area contributed by atoms with Crippen molar-refractivity contribution in [3.05, 3.63) is 0 Å². The van der Waals surface area contributed by atoms with Crippen LogP contribution in [0.4, 0.5) is 0 Å². The van der Waals surface area contributed by atoms with Crippen molar-refractivity contribution < 1.29 is 9.59 Å². The fourth-order valence-corrected chi connectivity index (χ4v) is 3.85. The number of carbonyl (C=O) groups is 2. The number of hydrogen-bond donors (Lipinski definition) is 1. The van der Waals surface area contributed by atoms with Gasteiger partial charge in [-0.1, -0.05) is 33.1 Å². The second kappa shape index (κ2) is 6.37. The Morgan fingerprint density at radius 3 is 2.38 bits per heavy atom. The minimum Gasteiger partial charge on any atom is -0.354 e. The predicted octanol–water partition coefficient (Wildman–Crippen LogP) is 2.72. The van der Waals surface area contributed by atoms with Crippen LogP contribution in [-0.4, -0.2) is 35.3 Å². The van der Waals surface area contributed by atoms with E-state index in [-0.39, 0.29) is 29.3 Å². The van der Waals surface area contributed by atoms with Gasteiger partial charge in [-0.25, -0.2) is 0 Å². The molecule has 1 atom stereocenters. The van der Waals surface area contributed by atoms with Crippen molar-refractivity contribution in [1.29, 1.82) is 0 Å². The summed E-state index contributed by atoms with van der Waals surface area (Å²) in [6.45, 7) is 9.03. The third kappa shape index (κ3) is 2.95. The summed E-state index contributed by atoms with van der Waals surface area (Å²) in [4.78, 5) is 27.1. The van der Waals surface area contributed by atoms with E-state index in [0.717, 1.165) is 32.1 Å². The van der Waals surface area contributed by atoms with Gasteiger partial charge in [-0.3, -0.25) is 9.59 Å². The van der Waals surface area contributed by atoms with E-state index < -0.39 is 0 Å². The lowest BCUT2D eigenvalue weighted by molar-refractivity contribution is -0.185. The van der Waals surface area contributed by atoms with Gasteiger partial charge in [0.25, 0.3) is 0 Å². The van der Waals surface area contributed by atoms with Crippen LogP contribution in [0.15, 0.2) is 0 Å². The first kappa shape index (κ1) is 16.3. The molecule has 1 saturated carbocycles. The summed E-state index contributed by atoms with van der Waals surface area (Å²) in [5.41, 5.74) is -0.384. The Kier molecular flexibility index (Phi) is 4.95. The zero-order chi connectivity index (χ0) is 15.6. The van der Waals surface area contributed by atoms with Gasteiger partial charge in [-0.2, -0.15) is 0 Å². The smallest absolute Gasteiger partial charge is 0.243 e. The van der Waals surface area contributed by atoms with Gasteiger partial charge < -0.3 is 10.2 Å². The largest absolute Gasteiger partial charge is 0.354 e. The molecule has 4 heteroatoms. The van der Waals surface area contributed by atoms with Crippen LogP contribution in [0.3, 0.4) is 0 Å². The van der Waals surface area contributed by atoms with Crippen LogP contribution in [0.2, 0.25) is 0 Å². The number of carbonyl (C=O) groups excluding carboxylic acids is 2. The molecule has 1 unspecified atom stereocenters. The Morgan fingerprint density at radius 1 is 1.24 bits per heavy atom. The quantitative estimate of drug-likeness (QED) is 0.793. The Bertz CT molecular complexity index is 398. The summed E-state index contributed by atoms with van der Waals surface area (Å²) in [6.07, 6.45) is 6.11. The first-order valence-corrected chi connectivity index (χ1v) is 8.50. The number of β-lactam (4-membered cyclic amide) rings is 1. The van der Waals surface area contributed by atoms with E-state index in [1.807, 2.05) is 13.8 Å². The van der Waals surface area contributed by atoms with Crippen LogP contribution in [0.5, 0.6) is 0 Å². The monoisotopic (exact) mass is 294 g/mol. The number of likely N-dealkylation sites (tertiary alicyclic amines) is 1. The van der Waals surface area contributed by atoms with Crippen LogP contribution in [0, 0.1) is 11.3 Å². The van der Waals surface area contributed by atoms with E-state index in [2.05, 4.69) is 19.2 Å². The number of rotatable bonds is 5. The molecule has 21 heavy (non-hydrogen) atoms. The van der Waals surface area contributed by atoms with Crippen molar-refractivity contribution in [2.24, 2.45) is 11.3 Å². The molecule has 2 rings (SSSR count). The van der Waals surface area contributed by atoms with Crippen molar-refractivity contribution >= 4 is 11.8 Å². The zero-order valence-electron chi connectivity index (χ0n) is 13.9. The summed E-state index contributed by atoms with van der Waals surface area (Å²) in [6, 6.07) is -0.136. The molecule has 1 spiro atoms. The molecular formula is C17H30N2O2. The first-order chi connectivity index (χ1) is 9.90. The Balaban J connectivity index is 2.07. The van der Waals surface area contributed by atoms with E-state index >= 15 is 0 Å². The maximum absolute atomic E-state index is 12.6. The molecule has 4 nitrogen and oxygen atoms in total. The Labute approximate surface area is 128 Å². The van der Waals surface area contributed by atoms with Gasteiger partial charge in [0.1, 0.15) is 6.04 Å². The summed E-state index contributed by atoms with van der Waals surface area (Å²) in [5, 5.41) is 3.06. The highest BCUT2D eigenvalue weighted by Crippen LogP contribution is 2.50. The molecule has 0 aromatic rings. The molecule has 0 radical (unpaired) electrons. The molecule has 0 aromatic carbocycles. The van der Waals surface area contributed by atoms with Gasteiger partial charge in [0.2, 0.25) is 11.8 Å². The molecule has 1 saturated heterocycles. The fraction of sp³-hybridized carbons (Fsp3) is 0.882. The van der Waals surface area contributed by atoms with E-state index in [4.69, 9.17) is 0 Å². The van der Waals surface area contributed by atoms with Crippen LogP contribution in [-0.2, 0) is 9.59 Å². The minimum atomic E-state index is -0.384. The highest BCUT2D eigenvalue weighted by molar-refractivity contribution is 6.02. The van der Waals surface area contributed by atoms with Crippen LogP contribution >= 0.6 is 0 Å². The lowest BCUT2D eigenvalue weighted by atomic mass is 9.61. The first-order valence-electron chi connectivity index (χ1n) is 8.50. The molecule has 2 fully saturated rings. The normalized spacial score (nSPS) is 24.6. The SMILES string of the molecule is CC(C)CCNC(=O)C1N(C(C)C)C(=O)C12CCCCC2. The number of nitrogens with one attached hydrogen (secondary N) is 1. The van der Waals surface area contributed by atoms with E-state index in [1.54, 1.807) is 4.90 Å². The third-order valence-electron chi connectivity index (χ3n) is 5.03. The Morgan fingerprint density at radius 2 is 1.86 bits per heavy atom. The topological polar surface area (TPSA) is 49.4 Å². The average Bonchev–Trinajstić information content (AvgIpc) is 2.43. The van der Waals surface area contributed by atoms with Crippen molar-refractivity contribution in [3.63, 3.8) is 0 Å². The average molecular weight is 294 g/mol. The molecule has 2 aliphatic rings. The predicted molar refractivity (Wildman–Crippen MR) is 83.8 cm³/mol. The number of amides is 2. The second-order valence-corrected chi connectivity index (χ2v) is 7.40. The highest BCUT2D eigenvalue weighted by Gasteiger charge is 2.63. The summed E-state index contributed by atoms with van der Waals surface area (Å²) in [5.74, 6) is 0.852. The number of hydrogen-bond acceptors (Lipinski definition) is 2. The molecule has 1 aliphatic carbocycles. The van der Waals surface area contributed by atoms with E-state index in [9.17, 15) is 9.59 Å². The van der Waals surface area contributed by atoms with Crippen molar-refractivity contribution in [2.45, 2.75) is 78.3 Å². The van der Waals surface area contributed by atoms with Crippen LogP contribution in [0.25, 0.3) is 0 Å². The molecule has 0 bridgehead atoms. The molecule has 0 aromatic heterocycles. The van der Waals surface area contributed by atoms with Crippen LogP contribution in [0.1, 0.15) is 66.2 Å². The van der Waals surface area contributed by atoms with Crippen molar-refractivity contribution in [1.82, 2.24) is 10.2 Å². The molecular weight excluding hydrogens is 264 g/mol. The summed E-state index contributed by atoms with van der Waals surface area (Å²) < 4.78 is 0. The molecule has 1 N–H and O–H groups in total. The maximum atomic E-state index is 12.6. The van der Waals surface area contributed by atoms with E-state index in [0.29, 0.717) is 12.5 Å². The third-order valence-corrected chi connectivity index (χ3v) is 5.03. The van der Waals surface area contributed by atoms with Gasteiger partial charge in [-0.15, -0.1) is 0 Å². The van der Waals surface area contributed by atoms with Crippen LogP contribution < -0.4 is 5.32 Å². The standard InChI is InChI=1S/C17H30N2O2/c1-12(2)8-11-18-15(20)14-17(9-6-5-7-10-17)16(21)19(14)13(3)4/h12-14H,5-11H2,1-4H3,(H,18,20). The Hall–Kier alpha value is -1.06. The van der Waals surface area contributed by atoms with E-state index in [1.165, 1.54) is 6.42 Å². The van der Waals surface area contributed by atoms with Gasteiger partial charge in [-0.05, 0) is 39.0 Å². The van der Waals surface area contributed by atoms with Gasteiger partial charge in [0, 0.05) is 12.6 Å². The van der Waals surface area contributed by atoms with Gasteiger partial charge >= 0.3 is 0 Å². The zero-order valence-corrected chi connectivity index (χ0v) is 13.9. The van der Waals surface area contributed by atoms with Crippen molar-refractivity contribution in [3.8, 4) is 0 Å². The second-order valence-electron chi connectivity index (χ2n) is 7.40. The molecule has 1 heterocycles. The molecule has 1 aliphatic heterocycles.